The average Bonchev–Trinajstić information content (AvgIpc) is 3.11. The summed E-state index contributed by atoms with van der Waals surface area (Å²) in [6, 6.07) is 3.43. The van der Waals surface area contributed by atoms with Gasteiger partial charge < -0.3 is 14.6 Å². The molecule has 2 rings (SSSR count). The van der Waals surface area contributed by atoms with Gasteiger partial charge in [-0.05, 0) is 26.0 Å². The molecule has 0 fully saturated rings. The van der Waals surface area contributed by atoms with E-state index in [0.717, 1.165) is 17.6 Å². The van der Waals surface area contributed by atoms with Gasteiger partial charge in [-0.3, -0.25) is 9.59 Å². The standard InChI is InChI=1S/C15H17N3O4S/c1-3-22-14(21)13-10(2)16-15(23-13)17-12(20)6-8-18-7-4-5-11(18)9-19/h4-5,7,9H,3,6,8H2,1-2H3,(H,16,17,20). The van der Waals surface area contributed by atoms with Crippen LogP contribution in [-0.2, 0) is 16.1 Å². The van der Waals surface area contributed by atoms with Gasteiger partial charge in [0, 0.05) is 19.2 Å². The molecular formula is C15H17N3O4S. The van der Waals surface area contributed by atoms with Crippen molar-refractivity contribution in [2.75, 3.05) is 11.9 Å². The highest BCUT2D eigenvalue weighted by Crippen LogP contribution is 2.23. The molecule has 8 heteroatoms. The maximum Gasteiger partial charge on any atom is 0.350 e. The largest absolute Gasteiger partial charge is 0.462 e. The molecule has 0 aromatic carbocycles. The van der Waals surface area contributed by atoms with Gasteiger partial charge in [-0.1, -0.05) is 11.3 Å². The van der Waals surface area contributed by atoms with Gasteiger partial charge in [0.1, 0.15) is 4.88 Å². The number of carbonyl (C=O) groups is 3. The minimum atomic E-state index is -0.439. The van der Waals surface area contributed by atoms with Crippen LogP contribution in [0.2, 0.25) is 0 Å². The number of anilines is 1. The van der Waals surface area contributed by atoms with Crippen LogP contribution < -0.4 is 5.32 Å². The molecule has 2 aromatic heterocycles. The molecule has 0 saturated heterocycles. The summed E-state index contributed by atoms with van der Waals surface area (Å²) in [6.07, 6.45) is 2.68. The topological polar surface area (TPSA) is 90.3 Å². The van der Waals surface area contributed by atoms with Crippen molar-refractivity contribution in [3.8, 4) is 0 Å². The molecular weight excluding hydrogens is 318 g/mol. The molecule has 0 saturated carbocycles. The molecule has 1 amide bonds. The molecule has 0 spiro atoms. The summed E-state index contributed by atoms with van der Waals surface area (Å²) in [5.41, 5.74) is 1.05. The van der Waals surface area contributed by atoms with E-state index in [1.807, 2.05) is 0 Å². The maximum absolute atomic E-state index is 12.0. The minimum absolute atomic E-state index is 0.197. The fourth-order valence-electron chi connectivity index (χ4n) is 1.98. The molecule has 0 atom stereocenters. The lowest BCUT2D eigenvalue weighted by atomic mass is 10.4. The summed E-state index contributed by atoms with van der Waals surface area (Å²) in [4.78, 5) is 39.0. The number of aldehydes is 1. The number of nitrogens with one attached hydrogen (secondary N) is 1. The van der Waals surface area contributed by atoms with Crippen LogP contribution in [0.15, 0.2) is 18.3 Å². The van der Waals surface area contributed by atoms with Crippen molar-refractivity contribution in [1.82, 2.24) is 9.55 Å². The monoisotopic (exact) mass is 335 g/mol. The summed E-state index contributed by atoms with van der Waals surface area (Å²) in [5.74, 6) is -0.675. The van der Waals surface area contributed by atoms with Gasteiger partial charge in [-0.25, -0.2) is 9.78 Å². The Bertz CT molecular complexity index is 720. The van der Waals surface area contributed by atoms with Crippen molar-refractivity contribution < 1.29 is 19.1 Å². The number of hydrogen-bond acceptors (Lipinski definition) is 6. The van der Waals surface area contributed by atoms with Crippen molar-refractivity contribution in [3.05, 3.63) is 34.6 Å². The zero-order valence-corrected chi connectivity index (χ0v) is 13.7. The zero-order valence-electron chi connectivity index (χ0n) is 12.9. The van der Waals surface area contributed by atoms with Crippen LogP contribution in [0.1, 0.15) is 39.2 Å². The van der Waals surface area contributed by atoms with E-state index in [2.05, 4.69) is 10.3 Å². The number of carbonyl (C=O) groups excluding carboxylic acids is 3. The lowest BCUT2D eigenvalue weighted by Crippen LogP contribution is -2.14. The van der Waals surface area contributed by atoms with Crippen LogP contribution >= 0.6 is 11.3 Å². The first-order valence-electron chi connectivity index (χ1n) is 7.09. The Labute approximate surface area is 137 Å². The second kappa shape index (κ2) is 7.68. The molecule has 0 aliphatic rings. The molecule has 2 heterocycles. The zero-order chi connectivity index (χ0) is 16.8. The normalized spacial score (nSPS) is 10.3. The van der Waals surface area contributed by atoms with E-state index in [1.54, 1.807) is 36.7 Å². The Morgan fingerprint density at radius 3 is 2.96 bits per heavy atom. The summed E-state index contributed by atoms with van der Waals surface area (Å²) in [6.45, 7) is 4.09. The maximum atomic E-state index is 12.0. The van der Waals surface area contributed by atoms with Crippen LogP contribution in [0.5, 0.6) is 0 Å². The van der Waals surface area contributed by atoms with Crippen LogP contribution in [0.4, 0.5) is 5.13 Å². The lowest BCUT2D eigenvalue weighted by Gasteiger charge is -2.05. The number of nitrogens with zero attached hydrogens (tertiary/aromatic N) is 2. The van der Waals surface area contributed by atoms with Crippen molar-refractivity contribution in [1.29, 1.82) is 0 Å². The Morgan fingerprint density at radius 2 is 2.26 bits per heavy atom. The first kappa shape index (κ1) is 16.9. The first-order chi connectivity index (χ1) is 11.0. The predicted molar refractivity (Wildman–Crippen MR) is 85.9 cm³/mol. The predicted octanol–water partition coefficient (Wildman–Crippen LogP) is 2.27. The highest BCUT2D eigenvalue weighted by molar-refractivity contribution is 7.17. The van der Waals surface area contributed by atoms with Gasteiger partial charge in [0.15, 0.2) is 11.4 Å². The van der Waals surface area contributed by atoms with Gasteiger partial charge in [-0.2, -0.15) is 0 Å². The Balaban J connectivity index is 1.94. The molecule has 0 bridgehead atoms. The van der Waals surface area contributed by atoms with E-state index in [4.69, 9.17) is 4.74 Å². The molecule has 23 heavy (non-hydrogen) atoms. The van der Waals surface area contributed by atoms with E-state index < -0.39 is 5.97 Å². The van der Waals surface area contributed by atoms with Crippen molar-refractivity contribution in [2.24, 2.45) is 0 Å². The SMILES string of the molecule is CCOC(=O)c1sc(NC(=O)CCn2cccc2C=O)nc1C. The van der Waals surface area contributed by atoms with E-state index in [-0.39, 0.29) is 18.9 Å². The molecule has 0 aliphatic carbocycles. The van der Waals surface area contributed by atoms with Gasteiger partial charge >= 0.3 is 5.97 Å². The molecule has 0 unspecified atom stereocenters. The number of rotatable bonds is 7. The van der Waals surface area contributed by atoms with Crippen LogP contribution in [-0.4, -0.2) is 34.3 Å². The number of hydrogen-bond donors (Lipinski definition) is 1. The van der Waals surface area contributed by atoms with Crippen LogP contribution in [0.25, 0.3) is 0 Å². The van der Waals surface area contributed by atoms with Crippen molar-refractivity contribution in [3.63, 3.8) is 0 Å². The lowest BCUT2D eigenvalue weighted by molar-refractivity contribution is -0.116. The number of aryl methyl sites for hydroxylation is 2. The van der Waals surface area contributed by atoms with E-state index in [1.165, 1.54) is 0 Å². The fourth-order valence-corrected chi connectivity index (χ4v) is 2.85. The number of ether oxygens (including phenoxy) is 1. The second-order valence-electron chi connectivity index (χ2n) is 4.70. The Kier molecular flexibility index (Phi) is 5.64. The smallest absolute Gasteiger partial charge is 0.350 e. The quantitative estimate of drug-likeness (QED) is 0.619. The minimum Gasteiger partial charge on any atom is -0.462 e. The Hall–Kier alpha value is -2.48. The summed E-state index contributed by atoms with van der Waals surface area (Å²) >= 11 is 1.09. The van der Waals surface area contributed by atoms with Crippen LogP contribution in [0, 0.1) is 6.92 Å². The highest BCUT2D eigenvalue weighted by Gasteiger charge is 2.17. The average molecular weight is 335 g/mol. The third kappa shape index (κ3) is 4.26. The highest BCUT2D eigenvalue weighted by atomic mass is 32.1. The van der Waals surface area contributed by atoms with E-state index in [0.29, 0.717) is 27.9 Å². The summed E-state index contributed by atoms with van der Waals surface area (Å²) in [7, 11) is 0. The number of esters is 1. The third-order valence-electron chi connectivity index (χ3n) is 3.07. The van der Waals surface area contributed by atoms with Gasteiger partial charge in [-0.15, -0.1) is 0 Å². The van der Waals surface area contributed by atoms with Gasteiger partial charge in [0.25, 0.3) is 0 Å². The molecule has 2 aromatic rings. The molecule has 1 N–H and O–H groups in total. The van der Waals surface area contributed by atoms with E-state index in [9.17, 15) is 14.4 Å². The van der Waals surface area contributed by atoms with Crippen molar-refractivity contribution in [2.45, 2.75) is 26.8 Å². The number of thiazole rings is 1. The molecule has 0 radical (unpaired) electrons. The van der Waals surface area contributed by atoms with Gasteiger partial charge in [0.2, 0.25) is 5.91 Å². The summed E-state index contributed by atoms with van der Waals surface area (Å²) < 4.78 is 6.63. The fraction of sp³-hybridized carbons (Fsp3) is 0.333. The summed E-state index contributed by atoms with van der Waals surface area (Å²) in [5, 5.41) is 3.02. The van der Waals surface area contributed by atoms with Gasteiger partial charge in [0.05, 0.1) is 18.0 Å². The third-order valence-corrected chi connectivity index (χ3v) is 4.12. The van der Waals surface area contributed by atoms with Crippen molar-refractivity contribution >= 4 is 34.6 Å². The second-order valence-corrected chi connectivity index (χ2v) is 5.70. The first-order valence-corrected chi connectivity index (χ1v) is 7.91. The molecule has 7 nitrogen and oxygen atoms in total. The molecule has 122 valence electrons. The van der Waals surface area contributed by atoms with E-state index >= 15 is 0 Å². The number of amides is 1. The van der Waals surface area contributed by atoms with Crippen LogP contribution in [0.3, 0.4) is 0 Å². The Morgan fingerprint density at radius 1 is 1.48 bits per heavy atom. The number of aromatic nitrogens is 2. The molecule has 0 aliphatic heterocycles.